The number of hydrogen-bond donors (Lipinski definition) is 2. The Labute approximate surface area is 104 Å². The van der Waals surface area contributed by atoms with Gasteiger partial charge in [-0.05, 0) is 37.5 Å². The molecule has 1 atom stereocenters. The minimum absolute atomic E-state index is 0.0386. The molecule has 0 bridgehead atoms. The Bertz CT molecular complexity index is 399. The third kappa shape index (κ3) is 3.22. The van der Waals surface area contributed by atoms with Gasteiger partial charge in [0.05, 0.1) is 0 Å². The Morgan fingerprint density at radius 3 is 2.41 bits per heavy atom. The van der Waals surface area contributed by atoms with Crippen molar-refractivity contribution in [1.82, 2.24) is 5.32 Å². The summed E-state index contributed by atoms with van der Waals surface area (Å²) in [6.45, 7) is 8.47. The minimum Gasteiger partial charge on any atom is -0.382 e. The van der Waals surface area contributed by atoms with Crippen LogP contribution in [-0.2, 0) is 0 Å². The van der Waals surface area contributed by atoms with E-state index in [9.17, 15) is 4.79 Å². The summed E-state index contributed by atoms with van der Waals surface area (Å²) in [5, 5.41) is 6.11. The molecule has 3 nitrogen and oxygen atoms in total. The molecule has 0 saturated carbocycles. The summed E-state index contributed by atoms with van der Waals surface area (Å²) in [6, 6.07) is 6.15. The zero-order valence-corrected chi connectivity index (χ0v) is 11.3. The first-order chi connectivity index (χ1) is 7.97. The van der Waals surface area contributed by atoms with Crippen LogP contribution in [0.5, 0.6) is 0 Å². The number of rotatable bonds is 4. The third-order valence-corrected chi connectivity index (χ3v) is 3.19. The smallest absolute Gasteiger partial charge is 0.251 e. The maximum atomic E-state index is 11.7. The molecule has 0 aliphatic heterocycles. The van der Waals surface area contributed by atoms with Crippen LogP contribution in [0.2, 0.25) is 0 Å². The summed E-state index contributed by atoms with van der Waals surface area (Å²) in [5.41, 5.74) is 2.76. The molecule has 0 aliphatic rings. The van der Waals surface area contributed by atoms with Crippen LogP contribution >= 0.6 is 0 Å². The summed E-state index contributed by atoms with van der Waals surface area (Å²) >= 11 is 0. The lowest BCUT2D eigenvalue weighted by Gasteiger charge is -2.21. The minimum atomic E-state index is -0.0386. The van der Waals surface area contributed by atoms with Crippen molar-refractivity contribution in [1.29, 1.82) is 0 Å². The molecule has 2 N–H and O–H groups in total. The van der Waals surface area contributed by atoms with Gasteiger partial charge in [-0.25, -0.2) is 0 Å². The van der Waals surface area contributed by atoms with Gasteiger partial charge in [0.1, 0.15) is 0 Å². The molecule has 94 valence electrons. The third-order valence-electron chi connectivity index (χ3n) is 3.19. The molecule has 0 aliphatic carbocycles. The quantitative estimate of drug-likeness (QED) is 0.841. The van der Waals surface area contributed by atoms with Crippen molar-refractivity contribution in [2.45, 2.75) is 33.7 Å². The van der Waals surface area contributed by atoms with Crippen molar-refractivity contribution < 1.29 is 4.79 Å². The lowest BCUT2D eigenvalue weighted by molar-refractivity contribution is 0.0962. The first-order valence-corrected chi connectivity index (χ1v) is 6.05. The van der Waals surface area contributed by atoms with Crippen LogP contribution in [0.3, 0.4) is 0 Å². The molecule has 0 fully saturated rings. The van der Waals surface area contributed by atoms with Crippen LogP contribution < -0.4 is 10.6 Å². The van der Waals surface area contributed by atoms with E-state index in [-0.39, 0.29) is 5.91 Å². The normalized spacial score (nSPS) is 12.4. The Kier molecular flexibility index (Phi) is 4.55. The number of amides is 1. The number of nitrogens with one attached hydrogen (secondary N) is 2. The van der Waals surface area contributed by atoms with Gasteiger partial charge < -0.3 is 10.6 Å². The van der Waals surface area contributed by atoms with Crippen LogP contribution in [0.1, 0.15) is 36.7 Å². The second-order valence-electron chi connectivity index (χ2n) is 4.73. The van der Waals surface area contributed by atoms with Gasteiger partial charge in [-0.3, -0.25) is 4.79 Å². The summed E-state index contributed by atoms with van der Waals surface area (Å²) in [4.78, 5) is 11.7. The SMILES string of the molecule is CNC(=O)c1cccc(NC(C)C(C)C)c1C. The highest BCUT2D eigenvalue weighted by Crippen LogP contribution is 2.21. The maximum absolute atomic E-state index is 11.7. The second-order valence-corrected chi connectivity index (χ2v) is 4.73. The van der Waals surface area contributed by atoms with Gasteiger partial charge >= 0.3 is 0 Å². The van der Waals surface area contributed by atoms with Gasteiger partial charge in [-0.15, -0.1) is 0 Å². The Morgan fingerprint density at radius 2 is 1.88 bits per heavy atom. The van der Waals surface area contributed by atoms with E-state index in [2.05, 4.69) is 31.4 Å². The fourth-order valence-electron chi connectivity index (χ4n) is 1.58. The number of benzene rings is 1. The van der Waals surface area contributed by atoms with Crippen molar-refractivity contribution in [2.24, 2.45) is 5.92 Å². The van der Waals surface area contributed by atoms with Gasteiger partial charge in [-0.1, -0.05) is 19.9 Å². The number of anilines is 1. The molecule has 1 unspecified atom stereocenters. The topological polar surface area (TPSA) is 41.1 Å². The molecule has 3 heteroatoms. The number of carbonyl (C=O) groups is 1. The molecule has 1 amide bonds. The van der Waals surface area contributed by atoms with Crippen LogP contribution in [0.4, 0.5) is 5.69 Å². The summed E-state index contributed by atoms with van der Waals surface area (Å²) < 4.78 is 0. The fourth-order valence-corrected chi connectivity index (χ4v) is 1.58. The molecule has 0 radical (unpaired) electrons. The summed E-state index contributed by atoms with van der Waals surface area (Å²) in [7, 11) is 1.65. The van der Waals surface area contributed by atoms with Crippen molar-refractivity contribution in [3.05, 3.63) is 29.3 Å². The first kappa shape index (κ1) is 13.6. The zero-order valence-electron chi connectivity index (χ0n) is 11.3. The molecule has 1 rings (SSSR count). The van der Waals surface area contributed by atoms with E-state index in [0.717, 1.165) is 16.8 Å². The molecule has 17 heavy (non-hydrogen) atoms. The van der Waals surface area contributed by atoms with E-state index in [1.165, 1.54) is 0 Å². The Balaban J connectivity index is 2.98. The lowest BCUT2D eigenvalue weighted by Crippen LogP contribution is -2.23. The monoisotopic (exact) mass is 234 g/mol. The Morgan fingerprint density at radius 1 is 1.24 bits per heavy atom. The molecule has 0 heterocycles. The van der Waals surface area contributed by atoms with Crippen LogP contribution in [0.25, 0.3) is 0 Å². The number of hydrogen-bond acceptors (Lipinski definition) is 2. The second kappa shape index (κ2) is 5.71. The van der Waals surface area contributed by atoms with Gasteiger partial charge in [0, 0.05) is 24.3 Å². The van der Waals surface area contributed by atoms with E-state index in [1.807, 2.05) is 25.1 Å². The molecular weight excluding hydrogens is 212 g/mol. The Hall–Kier alpha value is -1.51. The molecule has 0 spiro atoms. The standard InChI is InChI=1S/C14H22N2O/c1-9(2)11(4)16-13-8-6-7-12(10(13)3)14(17)15-5/h6-9,11,16H,1-5H3,(H,15,17). The highest BCUT2D eigenvalue weighted by molar-refractivity contribution is 5.96. The summed E-state index contributed by atoms with van der Waals surface area (Å²) in [6.07, 6.45) is 0. The maximum Gasteiger partial charge on any atom is 0.251 e. The first-order valence-electron chi connectivity index (χ1n) is 6.05. The van der Waals surface area contributed by atoms with Gasteiger partial charge in [0.2, 0.25) is 0 Å². The highest BCUT2D eigenvalue weighted by Gasteiger charge is 2.12. The van der Waals surface area contributed by atoms with Crippen molar-refractivity contribution in [2.75, 3.05) is 12.4 Å². The summed E-state index contributed by atoms with van der Waals surface area (Å²) in [5.74, 6) is 0.515. The molecule has 0 aromatic heterocycles. The number of carbonyl (C=O) groups excluding carboxylic acids is 1. The molecule has 0 saturated heterocycles. The highest BCUT2D eigenvalue weighted by atomic mass is 16.1. The average molecular weight is 234 g/mol. The average Bonchev–Trinajstić information content (AvgIpc) is 2.30. The van der Waals surface area contributed by atoms with Gasteiger partial charge in [0.25, 0.3) is 5.91 Å². The van der Waals surface area contributed by atoms with Crippen LogP contribution in [0, 0.1) is 12.8 Å². The largest absolute Gasteiger partial charge is 0.382 e. The molecule has 1 aromatic carbocycles. The van der Waals surface area contributed by atoms with Gasteiger partial charge in [0.15, 0.2) is 0 Å². The predicted octanol–water partition coefficient (Wildman–Crippen LogP) is 2.81. The van der Waals surface area contributed by atoms with E-state index in [0.29, 0.717) is 12.0 Å². The lowest BCUT2D eigenvalue weighted by atomic mass is 10.0. The predicted molar refractivity (Wildman–Crippen MR) is 72.5 cm³/mol. The van der Waals surface area contributed by atoms with E-state index < -0.39 is 0 Å². The van der Waals surface area contributed by atoms with E-state index in [4.69, 9.17) is 0 Å². The molecule has 1 aromatic rings. The van der Waals surface area contributed by atoms with Crippen LogP contribution in [-0.4, -0.2) is 19.0 Å². The van der Waals surface area contributed by atoms with E-state index >= 15 is 0 Å². The van der Waals surface area contributed by atoms with Crippen molar-refractivity contribution in [3.63, 3.8) is 0 Å². The van der Waals surface area contributed by atoms with E-state index in [1.54, 1.807) is 7.05 Å². The van der Waals surface area contributed by atoms with Crippen molar-refractivity contribution in [3.8, 4) is 0 Å². The van der Waals surface area contributed by atoms with Crippen LogP contribution in [0.15, 0.2) is 18.2 Å². The van der Waals surface area contributed by atoms with Gasteiger partial charge in [-0.2, -0.15) is 0 Å². The fraction of sp³-hybridized carbons (Fsp3) is 0.500. The van der Waals surface area contributed by atoms with Crippen molar-refractivity contribution >= 4 is 11.6 Å². The zero-order chi connectivity index (χ0) is 13.0. The molecular formula is C14H22N2O.